The summed E-state index contributed by atoms with van der Waals surface area (Å²) in [5, 5.41) is 13.9. The molecule has 0 saturated heterocycles. The van der Waals surface area contributed by atoms with Crippen LogP contribution in [0.5, 0.6) is 0 Å². The van der Waals surface area contributed by atoms with Crippen molar-refractivity contribution in [2.75, 3.05) is 19.5 Å². The lowest BCUT2D eigenvalue weighted by Crippen LogP contribution is -2.19. The van der Waals surface area contributed by atoms with E-state index in [2.05, 4.69) is 10.3 Å². The van der Waals surface area contributed by atoms with Crippen LogP contribution in [-0.4, -0.2) is 36.2 Å². The molecule has 0 spiro atoms. The van der Waals surface area contributed by atoms with E-state index < -0.39 is 11.9 Å². The molecule has 11 heteroatoms. The lowest BCUT2D eigenvalue weighted by molar-refractivity contribution is -0.135. The molecule has 7 nitrogen and oxygen atoms in total. The molecule has 2 N–H and O–H groups in total. The number of carboxylic acid groups (broad SMARTS) is 1. The Balaban J connectivity index is 1.54. The molecule has 1 amide bonds. The first-order chi connectivity index (χ1) is 18.7. The molecule has 0 bridgehead atoms. The second-order valence-electron chi connectivity index (χ2n) is 9.13. The largest absolute Gasteiger partial charge is 0.490 e. The topological polar surface area (TPSA) is 97.8 Å². The van der Waals surface area contributed by atoms with Crippen molar-refractivity contribution in [3.05, 3.63) is 74.0 Å². The van der Waals surface area contributed by atoms with Crippen LogP contribution < -0.4 is 5.32 Å². The van der Waals surface area contributed by atoms with Crippen LogP contribution in [0.3, 0.4) is 0 Å². The van der Waals surface area contributed by atoms with E-state index in [1.807, 2.05) is 0 Å². The molecule has 0 radical (unpaired) electrons. The van der Waals surface area contributed by atoms with Crippen molar-refractivity contribution >= 4 is 57.6 Å². The van der Waals surface area contributed by atoms with Gasteiger partial charge in [0.1, 0.15) is 5.82 Å². The molecule has 1 aromatic heterocycles. The monoisotopic (exact) mass is 592 g/mol. The quantitative estimate of drug-likeness (QED) is 0.194. The number of ether oxygens (including phenoxy) is 2. The second-order valence-corrected chi connectivity index (χ2v) is 10.8. The molecular weight excluding hydrogens is 566 g/mol. The minimum absolute atomic E-state index is 0.0628. The molecule has 1 saturated carbocycles. The average Bonchev–Trinajstić information content (AvgIpc) is 3.38. The summed E-state index contributed by atoms with van der Waals surface area (Å²) in [6.45, 7) is 0. The predicted octanol–water partition coefficient (Wildman–Crippen LogP) is 7.85. The number of halogens is 3. The van der Waals surface area contributed by atoms with Crippen molar-refractivity contribution in [1.82, 2.24) is 4.98 Å². The van der Waals surface area contributed by atoms with E-state index >= 15 is 4.39 Å². The minimum Gasteiger partial charge on any atom is -0.490 e. The summed E-state index contributed by atoms with van der Waals surface area (Å²) in [6, 6.07) is 7.92. The Labute approximate surface area is 239 Å². The lowest BCUT2D eigenvalue weighted by atomic mass is 9.82. The zero-order valence-electron chi connectivity index (χ0n) is 21.3. The number of rotatable bonds is 9. The van der Waals surface area contributed by atoms with E-state index in [0.717, 1.165) is 37.0 Å². The number of nitrogens with zero attached hydrogens (tertiary/aromatic N) is 1. The number of carbonyl (C=O) groups excluding carboxylic acids is 1. The van der Waals surface area contributed by atoms with Crippen molar-refractivity contribution in [3.8, 4) is 11.3 Å². The van der Waals surface area contributed by atoms with Crippen LogP contribution in [0.25, 0.3) is 17.3 Å². The number of thiazole rings is 1. The van der Waals surface area contributed by atoms with E-state index in [-0.39, 0.29) is 49.9 Å². The predicted molar refractivity (Wildman–Crippen MR) is 151 cm³/mol. The fraction of sp³-hybridized carbons (Fsp3) is 0.321. The lowest BCUT2D eigenvalue weighted by Gasteiger charge is -2.30. The van der Waals surface area contributed by atoms with Gasteiger partial charge in [-0.2, -0.15) is 0 Å². The van der Waals surface area contributed by atoms with Crippen LogP contribution in [0.2, 0.25) is 10.0 Å². The fourth-order valence-corrected chi connectivity index (χ4v) is 6.10. The first kappa shape index (κ1) is 29.0. The van der Waals surface area contributed by atoms with Crippen LogP contribution in [0.15, 0.2) is 41.5 Å². The third-order valence-electron chi connectivity index (χ3n) is 6.72. The van der Waals surface area contributed by atoms with Gasteiger partial charge in [-0.3, -0.25) is 10.1 Å². The van der Waals surface area contributed by atoms with Crippen molar-refractivity contribution in [2.45, 2.75) is 38.2 Å². The number of amides is 1. The highest BCUT2D eigenvalue weighted by Crippen LogP contribution is 2.39. The highest BCUT2D eigenvalue weighted by atomic mass is 35.5. The Morgan fingerprint density at radius 1 is 1.18 bits per heavy atom. The number of methoxy groups -OCH3 is 2. The van der Waals surface area contributed by atoms with Gasteiger partial charge in [0.15, 0.2) is 5.13 Å². The molecule has 2 aromatic carbocycles. The number of benzene rings is 2. The van der Waals surface area contributed by atoms with E-state index in [0.29, 0.717) is 16.8 Å². The van der Waals surface area contributed by atoms with Gasteiger partial charge in [-0.15, -0.1) is 11.3 Å². The number of hydrogen-bond donors (Lipinski definition) is 2. The highest BCUT2D eigenvalue weighted by Gasteiger charge is 2.28. The van der Waals surface area contributed by atoms with Crippen LogP contribution in [-0.2, 0) is 14.3 Å². The summed E-state index contributed by atoms with van der Waals surface area (Å²) in [4.78, 5) is 28.5. The number of hydrogen-bond acceptors (Lipinski definition) is 6. The summed E-state index contributed by atoms with van der Waals surface area (Å²) in [5.74, 6) is -2.30. The van der Waals surface area contributed by atoms with E-state index in [1.54, 1.807) is 30.7 Å². The van der Waals surface area contributed by atoms with Crippen molar-refractivity contribution in [2.24, 2.45) is 5.92 Å². The molecule has 39 heavy (non-hydrogen) atoms. The maximum Gasteiger partial charge on any atom is 0.371 e. The molecule has 1 fully saturated rings. The Morgan fingerprint density at radius 2 is 1.87 bits per heavy atom. The number of anilines is 1. The first-order valence-corrected chi connectivity index (χ1v) is 13.9. The van der Waals surface area contributed by atoms with Crippen molar-refractivity contribution in [3.63, 3.8) is 0 Å². The van der Waals surface area contributed by atoms with Crippen molar-refractivity contribution < 1.29 is 28.6 Å². The van der Waals surface area contributed by atoms with E-state index in [4.69, 9.17) is 37.8 Å². The van der Waals surface area contributed by atoms with Crippen LogP contribution in [0.4, 0.5) is 9.52 Å². The number of carboxylic acids is 1. The summed E-state index contributed by atoms with van der Waals surface area (Å²) in [6.07, 6.45) is 6.29. The highest BCUT2D eigenvalue weighted by molar-refractivity contribution is 7.14. The minimum atomic E-state index is -1.29. The molecule has 0 aliphatic heterocycles. The molecule has 1 unspecified atom stereocenters. The van der Waals surface area contributed by atoms with Gasteiger partial charge in [0.05, 0.1) is 29.0 Å². The zero-order chi connectivity index (χ0) is 28.1. The average molecular weight is 594 g/mol. The third-order valence-corrected chi connectivity index (χ3v) is 8.10. The summed E-state index contributed by atoms with van der Waals surface area (Å²) < 4.78 is 26.3. The summed E-state index contributed by atoms with van der Waals surface area (Å²) >= 11 is 13.7. The normalized spacial score (nSPS) is 15.2. The maximum absolute atomic E-state index is 15.7. The first-order valence-electron chi connectivity index (χ1n) is 12.3. The van der Waals surface area contributed by atoms with Gasteiger partial charge in [0, 0.05) is 34.7 Å². The van der Waals surface area contributed by atoms with Gasteiger partial charge in [-0.25, -0.2) is 14.2 Å². The molecule has 1 aliphatic carbocycles. The maximum atomic E-state index is 15.7. The standard InChI is InChI=1S/C28H27Cl2FN2O5S/c1-37-23(27(35)36)13-19-20(29)11-16(12-21(19)30)26(34)33-28-32-22(14-39-28)17-9-6-10-18(24(17)31)25(38-2)15-7-4-3-5-8-15/h6,9-15,25H,3-5,7-8H2,1-2H3,(H,35,36)(H,32,33,34)/b23-13-. The fourth-order valence-electron chi connectivity index (χ4n) is 4.79. The molecule has 1 aliphatic rings. The van der Waals surface area contributed by atoms with Crippen LogP contribution in [0, 0.1) is 11.7 Å². The molecule has 3 aromatic rings. The second kappa shape index (κ2) is 12.9. The van der Waals surface area contributed by atoms with Gasteiger partial charge in [0.25, 0.3) is 5.91 Å². The van der Waals surface area contributed by atoms with Gasteiger partial charge in [0.2, 0.25) is 5.76 Å². The van der Waals surface area contributed by atoms with E-state index in [9.17, 15) is 9.59 Å². The Bertz CT molecular complexity index is 1380. The van der Waals surface area contributed by atoms with Crippen LogP contribution in [0.1, 0.15) is 59.7 Å². The number of carbonyl (C=O) groups is 2. The Hall–Kier alpha value is -2.98. The third kappa shape index (κ3) is 6.61. The summed E-state index contributed by atoms with van der Waals surface area (Å²) in [7, 11) is 2.83. The van der Waals surface area contributed by atoms with Gasteiger partial charge >= 0.3 is 5.97 Å². The number of aliphatic carboxylic acids is 1. The van der Waals surface area contributed by atoms with Gasteiger partial charge < -0.3 is 14.6 Å². The van der Waals surface area contributed by atoms with Gasteiger partial charge in [-0.1, -0.05) is 54.6 Å². The van der Waals surface area contributed by atoms with Gasteiger partial charge in [-0.05, 0) is 43.0 Å². The molecular formula is C28H27Cl2FN2O5S. The SMILES string of the molecule is CO/C(=C\c1c(Cl)cc(C(=O)Nc2nc(-c3cccc(C(OC)C4CCCCC4)c3F)cs2)cc1Cl)C(=O)O. The smallest absolute Gasteiger partial charge is 0.371 e. The van der Waals surface area contributed by atoms with E-state index in [1.165, 1.54) is 31.7 Å². The Morgan fingerprint density at radius 3 is 2.49 bits per heavy atom. The van der Waals surface area contributed by atoms with Crippen LogP contribution >= 0.6 is 34.5 Å². The molecule has 1 heterocycles. The number of aromatic nitrogens is 1. The Kier molecular flexibility index (Phi) is 9.61. The summed E-state index contributed by atoms with van der Waals surface area (Å²) in [5.41, 5.74) is 1.57. The number of nitrogens with one attached hydrogen (secondary N) is 1. The van der Waals surface area contributed by atoms with Crippen molar-refractivity contribution in [1.29, 1.82) is 0 Å². The molecule has 4 rings (SSSR count). The zero-order valence-corrected chi connectivity index (χ0v) is 23.6. The molecule has 206 valence electrons. The molecule has 1 atom stereocenters.